The third kappa shape index (κ3) is 3.76. The molecule has 2 aromatic carbocycles. The number of hydrogen-bond donors (Lipinski definition) is 0. The van der Waals surface area contributed by atoms with Crippen LogP contribution in [0.5, 0.6) is 0 Å². The van der Waals surface area contributed by atoms with Crippen LogP contribution in [0.1, 0.15) is 0 Å². The van der Waals surface area contributed by atoms with Crippen LogP contribution in [0.3, 0.4) is 0 Å². The van der Waals surface area contributed by atoms with Gasteiger partial charge in [0.2, 0.25) is 0 Å². The Balaban J connectivity index is 2.07. The molecule has 0 radical (unpaired) electrons. The van der Waals surface area contributed by atoms with Gasteiger partial charge in [0.25, 0.3) is 0 Å². The van der Waals surface area contributed by atoms with Crippen molar-refractivity contribution >= 4 is 40.8 Å². The standard InChI is InChI=1S/C14H10ClNO3S/c15-13(17)16(11-7-3-1-4-8-11)14(18)19-20-12-9-5-2-6-10-12/h1-10H. The molecule has 0 aliphatic rings. The van der Waals surface area contributed by atoms with Crippen LogP contribution in [-0.4, -0.2) is 11.5 Å². The molecule has 0 saturated carbocycles. The number of halogens is 1. The Hall–Kier alpha value is -1.98. The van der Waals surface area contributed by atoms with Gasteiger partial charge in [0, 0.05) is 4.90 Å². The molecule has 0 fully saturated rings. The van der Waals surface area contributed by atoms with Crippen molar-refractivity contribution in [3.05, 3.63) is 60.7 Å². The number of imide groups is 1. The van der Waals surface area contributed by atoms with Crippen molar-refractivity contribution in [1.82, 2.24) is 0 Å². The summed E-state index contributed by atoms with van der Waals surface area (Å²) in [5.41, 5.74) is 0.353. The largest absolute Gasteiger partial charge is 0.434 e. The number of benzene rings is 2. The Morgan fingerprint density at radius 2 is 1.50 bits per heavy atom. The summed E-state index contributed by atoms with van der Waals surface area (Å²) in [7, 11) is 0. The van der Waals surface area contributed by atoms with E-state index < -0.39 is 11.5 Å². The predicted octanol–water partition coefficient (Wildman–Crippen LogP) is 4.70. The molecule has 0 aromatic heterocycles. The fourth-order valence-electron chi connectivity index (χ4n) is 1.45. The second-order valence-electron chi connectivity index (χ2n) is 3.67. The maximum Gasteiger partial charge on any atom is 0.434 e. The molecular formula is C14H10ClNO3S. The lowest BCUT2D eigenvalue weighted by Gasteiger charge is -2.16. The minimum atomic E-state index is -0.921. The van der Waals surface area contributed by atoms with E-state index in [-0.39, 0.29) is 0 Å². The molecule has 0 N–H and O–H groups in total. The SMILES string of the molecule is O=C(Cl)N(C(=O)OSc1ccccc1)c1ccccc1. The molecular weight excluding hydrogens is 298 g/mol. The molecule has 0 aliphatic carbocycles. The summed E-state index contributed by atoms with van der Waals surface area (Å²) in [6.07, 6.45) is -0.843. The van der Waals surface area contributed by atoms with Crippen molar-refractivity contribution in [2.24, 2.45) is 0 Å². The lowest BCUT2D eigenvalue weighted by Crippen LogP contribution is -2.32. The Morgan fingerprint density at radius 3 is 2.05 bits per heavy atom. The molecule has 20 heavy (non-hydrogen) atoms. The summed E-state index contributed by atoms with van der Waals surface area (Å²) >= 11 is 6.30. The van der Waals surface area contributed by atoms with E-state index in [1.165, 1.54) is 0 Å². The van der Waals surface area contributed by atoms with Crippen molar-refractivity contribution < 1.29 is 13.8 Å². The van der Waals surface area contributed by atoms with Crippen LogP contribution in [0.2, 0.25) is 0 Å². The van der Waals surface area contributed by atoms with Crippen LogP contribution in [0.4, 0.5) is 15.3 Å². The van der Waals surface area contributed by atoms with Crippen molar-refractivity contribution in [1.29, 1.82) is 0 Å². The maximum absolute atomic E-state index is 11.9. The summed E-state index contributed by atoms with van der Waals surface area (Å²) in [4.78, 5) is 24.8. The van der Waals surface area contributed by atoms with Gasteiger partial charge in [-0.1, -0.05) is 36.4 Å². The third-order valence-corrected chi connectivity index (χ3v) is 3.18. The fraction of sp³-hybridized carbons (Fsp3) is 0. The summed E-state index contributed by atoms with van der Waals surface area (Å²) in [6.45, 7) is 0. The van der Waals surface area contributed by atoms with Crippen molar-refractivity contribution in [3.8, 4) is 0 Å². The maximum atomic E-state index is 11.9. The highest BCUT2D eigenvalue weighted by Gasteiger charge is 2.23. The molecule has 4 nitrogen and oxygen atoms in total. The topological polar surface area (TPSA) is 46.6 Å². The predicted molar refractivity (Wildman–Crippen MR) is 79.0 cm³/mol. The quantitative estimate of drug-likeness (QED) is 0.468. The number of carbonyl (C=O) groups excluding carboxylic acids is 2. The molecule has 0 atom stereocenters. The molecule has 0 unspecified atom stereocenters. The minimum absolute atomic E-state index is 0.353. The number of rotatable bonds is 3. The molecule has 2 aromatic rings. The van der Waals surface area contributed by atoms with Gasteiger partial charge in [0.05, 0.1) is 17.7 Å². The van der Waals surface area contributed by atoms with E-state index in [9.17, 15) is 9.59 Å². The Labute approximate surface area is 125 Å². The molecule has 102 valence electrons. The van der Waals surface area contributed by atoms with Crippen LogP contribution in [-0.2, 0) is 4.18 Å². The average Bonchev–Trinajstić information content (AvgIpc) is 2.47. The van der Waals surface area contributed by atoms with Gasteiger partial charge >= 0.3 is 11.5 Å². The Morgan fingerprint density at radius 1 is 0.950 bits per heavy atom. The van der Waals surface area contributed by atoms with Crippen LogP contribution >= 0.6 is 23.6 Å². The monoisotopic (exact) mass is 307 g/mol. The van der Waals surface area contributed by atoms with E-state index in [4.69, 9.17) is 15.8 Å². The molecule has 0 aliphatic heterocycles. The van der Waals surface area contributed by atoms with Gasteiger partial charge in [-0.15, -0.1) is 0 Å². The Kier molecular flexibility index (Phi) is 5.03. The van der Waals surface area contributed by atoms with Gasteiger partial charge < -0.3 is 4.18 Å². The zero-order valence-electron chi connectivity index (χ0n) is 10.2. The molecule has 0 saturated heterocycles. The van der Waals surface area contributed by atoms with Gasteiger partial charge in [0.1, 0.15) is 0 Å². The normalized spacial score (nSPS) is 9.85. The number of anilines is 1. The number of hydrogen-bond acceptors (Lipinski definition) is 4. The number of nitrogens with zero attached hydrogens (tertiary/aromatic N) is 1. The number of amides is 2. The van der Waals surface area contributed by atoms with Crippen LogP contribution < -0.4 is 4.90 Å². The first-order valence-electron chi connectivity index (χ1n) is 5.66. The van der Waals surface area contributed by atoms with E-state index in [0.717, 1.165) is 21.8 Å². The number of carbonyl (C=O) groups is 2. The van der Waals surface area contributed by atoms with Crippen LogP contribution in [0.15, 0.2) is 65.6 Å². The fourth-order valence-corrected chi connectivity index (χ4v) is 2.13. The zero-order chi connectivity index (χ0) is 14.4. The first kappa shape index (κ1) is 14.4. The van der Waals surface area contributed by atoms with Crippen molar-refractivity contribution in [2.45, 2.75) is 4.90 Å². The highest BCUT2D eigenvalue weighted by Crippen LogP contribution is 2.23. The van der Waals surface area contributed by atoms with Gasteiger partial charge in [-0.2, -0.15) is 0 Å². The molecule has 0 spiro atoms. The van der Waals surface area contributed by atoms with E-state index >= 15 is 0 Å². The summed E-state index contributed by atoms with van der Waals surface area (Å²) in [5, 5.41) is -0.921. The minimum Gasteiger partial charge on any atom is -0.369 e. The smallest absolute Gasteiger partial charge is 0.369 e. The molecule has 6 heteroatoms. The molecule has 0 heterocycles. The lowest BCUT2D eigenvalue weighted by molar-refractivity contribution is 0.214. The van der Waals surface area contributed by atoms with E-state index in [2.05, 4.69) is 0 Å². The first-order chi connectivity index (χ1) is 9.68. The number of para-hydroxylation sites is 1. The average molecular weight is 308 g/mol. The molecule has 2 rings (SSSR count). The van der Waals surface area contributed by atoms with E-state index in [1.807, 2.05) is 18.2 Å². The third-order valence-electron chi connectivity index (χ3n) is 2.33. The van der Waals surface area contributed by atoms with Gasteiger partial charge in [-0.3, -0.25) is 4.79 Å². The highest BCUT2D eigenvalue weighted by molar-refractivity contribution is 7.95. The van der Waals surface area contributed by atoms with Gasteiger partial charge in [0.15, 0.2) is 0 Å². The second-order valence-corrected chi connectivity index (χ2v) is 4.80. The molecule has 0 bridgehead atoms. The zero-order valence-corrected chi connectivity index (χ0v) is 11.8. The second kappa shape index (κ2) is 6.98. The highest BCUT2D eigenvalue weighted by atomic mass is 35.5. The lowest BCUT2D eigenvalue weighted by atomic mass is 10.3. The molecule has 2 amide bonds. The van der Waals surface area contributed by atoms with Crippen molar-refractivity contribution in [2.75, 3.05) is 4.90 Å². The van der Waals surface area contributed by atoms with E-state index in [0.29, 0.717) is 5.69 Å². The van der Waals surface area contributed by atoms with Crippen molar-refractivity contribution in [3.63, 3.8) is 0 Å². The van der Waals surface area contributed by atoms with Gasteiger partial charge in [-0.05, 0) is 35.9 Å². The van der Waals surface area contributed by atoms with Crippen LogP contribution in [0.25, 0.3) is 0 Å². The van der Waals surface area contributed by atoms with Crippen LogP contribution in [0, 0.1) is 0 Å². The first-order valence-corrected chi connectivity index (χ1v) is 6.78. The Bertz CT molecular complexity index is 592. The summed E-state index contributed by atoms with van der Waals surface area (Å²) in [6, 6.07) is 17.4. The summed E-state index contributed by atoms with van der Waals surface area (Å²) in [5.74, 6) is 0. The van der Waals surface area contributed by atoms with Gasteiger partial charge in [-0.25, -0.2) is 9.69 Å². The van der Waals surface area contributed by atoms with E-state index in [1.54, 1.807) is 42.5 Å². The summed E-state index contributed by atoms with van der Waals surface area (Å²) < 4.78 is 5.00.